The number of ether oxygens (including phenoxy) is 1. The smallest absolute Gasteiger partial charge is 0.179 e. The van der Waals surface area contributed by atoms with E-state index in [-0.39, 0.29) is 5.78 Å². The molecule has 27 heavy (non-hydrogen) atoms. The van der Waals surface area contributed by atoms with Crippen molar-refractivity contribution >= 4 is 22.5 Å². The number of hydrogen-bond acceptors (Lipinski definition) is 6. The number of hydrogen-bond donors (Lipinski definition) is 1. The number of piperazine rings is 1. The number of rotatable bonds is 5. The molecule has 140 valence electrons. The number of fused-ring (bicyclic) bond motifs is 1. The van der Waals surface area contributed by atoms with Crippen molar-refractivity contribution < 1.29 is 9.53 Å². The maximum atomic E-state index is 13.0. The normalized spacial score (nSPS) is 15.3. The monoisotopic (exact) mass is 365 g/mol. The molecule has 0 radical (unpaired) electrons. The minimum absolute atomic E-state index is 0.139. The molecule has 0 atom stereocenters. The molecule has 1 aliphatic heterocycles. The molecule has 3 heterocycles. The van der Waals surface area contributed by atoms with Gasteiger partial charge in [0.25, 0.3) is 0 Å². The van der Waals surface area contributed by atoms with Crippen molar-refractivity contribution in [3.8, 4) is 5.75 Å². The Morgan fingerprint density at radius 2 is 2.04 bits per heavy atom. The van der Waals surface area contributed by atoms with Crippen LogP contribution in [0.1, 0.15) is 16.1 Å². The summed E-state index contributed by atoms with van der Waals surface area (Å²) >= 11 is 0. The van der Waals surface area contributed by atoms with E-state index >= 15 is 0 Å². The second-order valence-electron chi connectivity index (χ2n) is 6.79. The third-order valence-corrected chi connectivity index (χ3v) is 5.09. The van der Waals surface area contributed by atoms with E-state index in [1.807, 2.05) is 25.1 Å². The molecule has 2 aromatic heterocycles. The Morgan fingerprint density at radius 3 is 2.74 bits per heavy atom. The van der Waals surface area contributed by atoms with Gasteiger partial charge in [-0.15, -0.1) is 0 Å². The molecule has 4 rings (SSSR count). The average Bonchev–Trinajstić information content (AvgIpc) is 3.04. The molecule has 1 aliphatic rings. The van der Waals surface area contributed by atoms with Gasteiger partial charge in [0, 0.05) is 60.7 Å². The number of Topliss-reactive ketones (excluding diaryl/α,β-unsaturated/α-hetero) is 1. The molecular formula is C20H23N5O2. The number of carbonyl (C=O) groups is 1. The summed E-state index contributed by atoms with van der Waals surface area (Å²) in [5, 5.41) is 0.926. The summed E-state index contributed by atoms with van der Waals surface area (Å²) in [6.07, 6.45) is 5.17. The Labute approximate surface area is 158 Å². The van der Waals surface area contributed by atoms with Gasteiger partial charge in [-0.2, -0.15) is 0 Å². The topological polar surface area (TPSA) is 74.4 Å². The third-order valence-electron chi connectivity index (χ3n) is 5.09. The lowest BCUT2D eigenvalue weighted by Gasteiger charge is -2.34. The highest BCUT2D eigenvalue weighted by atomic mass is 16.5. The second kappa shape index (κ2) is 7.36. The fourth-order valence-corrected chi connectivity index (χ4v) is 3.66. The first-order chi connectivity index (χ1) is 13.2. The van der Waals surface area contributed by atoms with Crippen LogP contribution in [0.25, 0.3) is 10.9 Å². The molecule has 0 bridgehead atoms. The number of aromatic amines is 1. The third kappa shape index (κ3) is 3.50. The minimum Gasteiger partial charge on any atom is -0.497 e. The van der Waals surface area contributed by atoms with E-state index in [2.05, 4.69) is 24.8 Å². The lowest BCUT2D eigenvalue weighted by molar-refractivity contribution is 0.0927. The maximum Gasteiger partial charge on any atom is 0.179 e. The van der Waals surface area contributed by atoms with Crippen molar-refractivity contribution in [2.75, 3.05) is 44.7 Å². The fraction of sp³-hybridized carbons (Fsp3) is 0.350. The van der Waals surface area contributed by atoms with Crippen molar-refractivity contribution in [2.45, 2.75) is 6.92 Å². The molecule has 1 aromatic carbocycles. The van der Waals surface area contributed by atoms with Crippen molar-refractivity contribution in [2.24, 2.45) is 0 Å². The van der Waals surface area contributed by atoms with E-state index in [9.17, 15) is 4.79 Å². The predicted molar refractivity (Wildman–Crippen MR) is 105 cm³/mol. The lowest BCUT2D eigenvalue weighted by atomic mass is 10.1. The van der Waals surface area contributed by atoms with Crippen LogP contribution in [0.2, 0.25) is 0 Å². The number of benzene rings is 1. The first kappa shape index (κ1) is 17.5. The van der Waals surface area contributed by atoms with E-state index in [1.165, 1.54) is 0 Å². The minimum atomic E-state index is 0.139. The number of methoxy groups -OCH3 is 1. The van der Waals surface area contributed by atoms with E-state index in [4.69, 9.17) is 4.74 Å². The highest BCUT2D eigenvalue weighted by Crippen LogP contribution is 2.27. The van der Waals surface area contributed by atoms with Gasteiger partial charge < -0.3 is 14.6 Å². The van der Waals surface area contributed by atoms with E-state index in [0.717, 1.165) is 59.9 Å². The summed E-state index contributed by atoms with van der Waals surface area (Å²) in [7, 11) is 1.64. The van der Waals surface area contributed by atoms with Crippen LogP contribution in [0.4, 0.5) is 5.82 Å². The van der Waals surface area contributed by atoms with Gasteiger partial charge >= 0.3 is 0 Å². The molecule has 1 fully saturated rings. The standard InChI is InChI=1S/C20H23N5O2/c1-14-20(16-11-15(27-2)3-4-17(16)23-14)18(26)13-24-7-9-25(10-8-24)19-12-21-5-6-22-19/h3-6,11-12,23H,7-10,13H2,1-2H3. The van der Waals surface area contributed by atoms with Gasteiger partial charge in [-0.05, 0) is 25.1 Å². The molecule has 7 nitrogen and oxygen atoms in total. The SMILES string of the molecule is COc1ccc2[nH]c(C)c(C(=O)CN3CCN(c4cnccn4)CC3)c2c1. The average molecular weight is 365 g/mol. The van der Waals surface area contributed by atoms with Gasteiger partial charge in [0.1, 0.15) is 11.6 Å². The summed E-state index contributed by atoms with van der Waals surface area (Å²) in [4.78, 5) is 29.2. The number of aromatic nitrogens is 3. The maximum absolute atomic E-state index is 13.0. The predicted octanol–water partition coefficient (Wildman–Crippen LogP) is 2.28. The van der Waals surface area contributed by atoms with Crippen LogP contribution in [0.3, 0.4) is 0 Å². The van der Waals surface area contributed by atoms with Crippen molar-refractivity contribution in [3.63, 3.8) is 0 Å². The van der Waals surface area contributed by atoms with Gasteiger partial charge in [-0.25, -0.2) is 4.98 Å². The van der Waals surface area contributed by atoms with Crippen molar-refractivity contribution in [3.05, 3.63) is 48.0 Å². The summed E-state index contributed by atoms with van der Waals surface area (Å²) in [6.45, 7) is 5.70. The molecule has 0 amide bonds. The Balaban J connectivity index is 1.46. The molecule has 7 heteroatoms. The number of H-pyrrole nitrogens is 1. The zero-order chi connectivity index (χ0) is 18.8. The molecule has 0 spiro atoms. The molecule has 0 unspecified atom stereocenters. The van der Waals surface area contributed by atoms with Crippen LogP contribution in [-0.2, 0) is 0 Å². The summed E-state index contributed by atoms with van der Waals surface area (Å²) < 4.78 is 5.32. The zero-order valence-corrected chi connectivity index (χ0v) is 15.6. The van der Waals surface area contributed by atoms with Crippen LogP contribution >= 0.6 is 0 Å². The number of ketones is 1. The van der Waals surface area contributed by atoms with Crippen molar-refractivity contribution in [1.82, 2.24) is 19.9 Å². The Morgan fingerprint density at radius 1 is 1.22 bits per heavy atom. The fourth-order valence-electron chi connectivity index (χ4n) is 3.66. The van der Waals surface area contributed by atoms with Gasteiger partial charge in [0.2, 0.25) is 0 Å². The number of nitrogens with one attached hydrogen (secondary N) is 1. The summed E-state index contributed by atoms with van der Waals surface area (Å²) in [5.74, 6) is 1.79. The van der Waals surface area contributed by atoms with Crippen LogP contribution in [0, 0.1) is 6.92 Å². The number of carbonyl (C=O) groups excluding carboxylic acids is 1. The Kier molecular flexibility index (Phi) is 4.77. The van der Waals surface area contributed by atoms with Gasteiger partial charge in [0.05, 0.1) is 19.9 Å². The van der Waals surface area contributed by atoms with Crippen LogP contribution in [0.5, 0.6) is 5.75 Å². The molecule has 1 saturated heterocycles. The highest BCUT2D eigenvalue weighted by Gasteiger charge is 2.23. The van der Waals surface area contributed by atoms with E-state index in [1.54, 1.807) is 25.7 Å². The number of nitrogens with zero attached hydrogens (tertiary/aromatic N) is 4. The molecule has 1 N–H and O–H groups in total. The van der Waals surface area contributed by atoms with Crippen molar-refractivity contribution in [1.29, 1.82) is 0 Å². The Hall–Kier alpha value is -2.93. The molecule has 0 aliphatic carbocycles. The number of anilines is 1. The summed E-state index contributed by atoms with van der Waals surface area (Å²) in [5.41, 5.74) is 2.63. The largest absolute Gasteiger partial charge is 0.497 e. The van der Waals surface area contributed by atoms with Crippen LogP contribution < -0.4 is 9.64 Å². The lowest BCUT2D eigenvalue weighted by Crippen LogP contribution is -2.48. The van der Waals surface area contributed by atoms with Crippen LogP contribution in [0.15, 0.2) is 36.8 Å². The quantitative estimate of drug-likeness (QED) is 0.699. The molecular weight excluding hydrogens is 342 g/mol. The second-order valence-corrected chi connectivity index (χ2v) is 6.79. The summed E-state index contributed by atoms with van der Waals surface area (Å²) in [6, 6.07) is 5.79. The zero-order valence-electron chi connectivity index (χ0n) is 15.6. The van der Waals surface area contributed by atoms with E-state index < -0.39 is 0 Å². The van der Waals surface area contributed by atoms with Gasteiger partial charge in [-0.3, -0.25) is 14.7 Å². The van der Waals surface area contributed by atoms with Crippen LogP contribution in [-0.4, -0.2) is 65.5 Å². The number of aryl methyl sites for hydroxylation is 1. The molecule has 0 saturated carbocycles. The highest BCUT2D eigenvalue weighted by molar-refractivity contribution is 6.10. The van der Waals surface area contributed by atoms with Gasteiger partial charge in [0.15, 0.2) is 5.78 Å². The Bertz CT molecular complexity index is 946. The molecule has 3 aromatic rings. The van der Waals surface area contributed by atoms with Gasteiger partial charge in [-0.1, -0.05) is 0 Å². The first-order valence-electron chi connectivity index (χ1n) is 9.08. The van der Waals surface area contributed by atoms with E-state index in [0.29, 0.717) is 6.54 Å². The first-order valence-corrected chi connectivity index (χ1v) is 9.08.